The Morgan fingerprint density at radius 1 is 0.676 bits per heavy atom. The Bertz CT molecular complexity index is 1300. The molecule has 0 spiro atoms. The number of hydrogen-bond acceptors (Lipinski definition) is 7. The largest absolute Gasteiger partial charge is 0.480 e. The van der Waals surface area contributed by atoms with E-state index < -0.39 is 0 Å². The maximum absolute atomic E-state index is 11.2. The number of hydrogen-bond donors (Lipinski definition) is 0. The Balaban J connectivity index is 1.83. The van der Waals surface area contributed by atoms with E-state index in [9.17, 15) is 9.59 Å². The molecule has 0 aliphatic rings. The fraction of sp³-hybridized carbons (Fsp3) is 0.0800. The van der Waals surface area contributed by atoms with E-state index in [0.29, 0.717) is 67.4 Å². The van der Waals surface area contributed by atoms with Gasteiger partial charge in [0.2, 0.25) is 11.8 Å². The third-order valence-electron chi connectivity index (χ3n) is 5.14. The van der Waals surface area contributed by atoms with Crippen LogP contribution in [0.25, 0.3) is 33.6 Å². The molecule has 34 heavy (non-hydrogen) atoms. The average Bonchev–Trinajstić information content (AvgIpc) is 2.88. The zero-order valence-corrected chi connectivity index (χ0v) is 19.6. The molecule has 0 saturated carbocycles. The molecule has 0 unspecified atom stereocenters. The Kier molecular flexibility index (Phi) is 6.86. The van der Waals surface area contributed by atoms with E-state index in [2.05, 4.69) is 15.0 Å². The summed E-state index contributed by atoms with van der Waals surface area (Å²) in [6.45, 7) is 0. The maximum Gasteiger partial charge on any atom is 0.224 e. The van der Waals surface area contributed by atoms with Crippen molar-refractivity contribution in [2.45, 2.75) is 0 Å². The molecular formula is C25H17Cl2N3O4. The molecule has 0 fully saturated rings. The molecule has 7 nitrogen and oxygen atoms in total. The SMILES string of the molecule is COc1nc(-c2cccc(-c3cncc(-c4ccc(C=O)c(OC)n4)c3Cl)c2Cl)ccc1C=O. The van der Waals surface area contributed by atoms with E-state index in [4.69, 9.17) is 32.7 Å². The van der Waals surface area contributed by atoms with Crippen molar-refractivity contribution in [3.05, 3.63) is 76.0 Å². The monoisotopic (exact) mass is 493 g/mol. The van der Waals surface area contributed by atoms with Crippen molar-refractivity contribution in [3.63, 3.8) is 0 Å². The van der Waals surface area contributed by atoms with E-state index >= 15 is 0 Å². The van der Waals surface area contributed by atoms with Gasteiger partial charge in [0.15, 0.2) is 12.6 Å². The van der Waals surface area contributed by atoms with Crippen LogP contribution < -0.4 is 9.47 Å². The van der Waals surface area contributed by atoms with Gasteiger partial charge in [0, 0.05) is 34.6 Å². The predicted molar refractivity (Wildman–Crippen MR) is 130 cm³/mol. The minimum Gasteiger partial charge on any atom is -0.480 e. The molecule has 0 N–H and O–H groups in total. The van der Waals surface area contributed by atoms with Crippen molar-refractivity contribution in [2.75, 3.05) is 14.2 Å². The first-order valence-electron chi connectivity index (χ1n) is 9.96. The first-order chi connectivity index (χ1) is 16.5. The molecule has 1 aromatic carbocycles. The van der Waals surface area contributed by atoms with Crippen molar-refractivity contribution < 1.29 is 19.1 Å². The lowest BCUT2D eigenvalue weighted by molar-refractivity contribution is 0.111. The second kappa shape index (κ2) is 9.99. The van der Waals surface area contributed by atoms with Crippen LogP contribution >= 0.6 is 23.2 Å². The van der Waals surface area contributed by atoms with Crippen LogP contribution in [0.15, 0.2) is 54.9 Å². The van der Waals surface area contributed by atoms with Crippen LogP contribution in [0.1, 0.15) is 20.7 Å². The summed E-state index contributed by atoms with van der Waals surface area (Å²) in [6.07, 6.45) is 4.53. The van der Waals surface area contributed by atoms with E-state index in [-0.39, 0.29) is 11.8 Å². The number of methoxy groups -OCH3 is 2. The predicted octanol–water partition coefficient (Wildman–Crippen LogP) is 5.82. The van der Waals surface area contributed by atoms with Gasteiger partial charge in [-0.3, -0.25) is 14.6 Å². The average molecular weight is 494 g/mol. The van der Waals surface area contributed by atoms with Crippen LogP contribution in [-0.2, 0) is 0 Å². The van der Waals surface area contributed by atoms with E-state index in [0.717, 1.165) is 0 Å². The van der Waals surface area contributed by atoms with Crippen LogP contribution in [0, 0.1) is 0 Å². The smallest absolute Gasteiger partial charge is 0.224 e. The number of nitrogens with zero attached hydrogens (tertiary/aromatic N) is 3. The highest BCUT2D eigenvalue weighted by molar-refractivity contribution is 6.39. The van der Waals surface area contributed by atoms with E-state index in [1.165, 1.54) is 14.2 Å². The molecule has 0 aliphatic heterocycles. The standard InChI is InChI=1S/C25H17Cl2N3O4/c1-33-24-14(12-31)6-8-20(29-24)17-5-3-4-16(22(17)26)18-10-28-11-19(23(18)27)21-9-7-15(13-32)25(30-21)34-2/h3-13H,1-2H3. The van der Waals surface area contributed by atoms with Crippen molar-refractivity contribution in [2.24, 2.45) is 0 Å². The lowest BCUT2D eigenvalue weighted by Crippen LogP contribution is -1.97. The van der Waals surface area contributed by atoms with Crippen LogP contribution in [0.3, 0.4) is 0 Å². The summed E-state index contributed by atoms with van der Waals surface area (Å²) < 4.78 is 10.4. The zero-order valence-electron chi connectivity index (χ0n) is 18.1. The molecule has 0 radical (unpaired) electrons. The van der Waals surface area contributed by atoms with Gasteiger partial charge in [-0.25, -0.2) is 9.97 Å². The maximum atomic E-state index is 11.2. The molecule has 4 aromatic rings. The number of carbonyl (C=O) groups is 2. The van der Waals surface area contributed by atoms with Crippen molar-refractivity contribution in [3.8, 4) is 45.4 Å². The summed E-state index contributed by atoms with van der Waals surface area (Å²) >= 11 is 13.6. The number of pyridine rings is 3. The van der Waals surface area contributed by atoms with Crippen molar-refractivity contribution in [1.29, 1.82) is 0 Å². The van der Waals surface area contributed by atoms with E-state index in [1.807, 2.05) is 18.2 Å². The molecule has 0 amide bonds. The summed E-state index contributed by atoms with van der Waals surface area (Å²) in [5, 5.41) is 0.780. The minimum absolute atomic E-state index is 0.188. The molecule has 4 rings (SSSR count). The fourth-order valence-corrected chi connectivity index (χ4v) is 4.08. The quantitative estimate of drug-likeness (QED) is 0.299. The molecule has 0 bridgehead atoms. The van der Waals surface area contributed by atoms with Crippen molar-refractivity contribution >= 4 is 35.8 Å². The molecule has 3 aromatic heterocycles. The Labute approximate surface area is 205 Å². The highest BCUT2D eigenvalue weighted by atomic mass is 35.5. The molecule has 0 aliphatic carbocycles. The lowest BCUT2D eigenvalue weighted by atomic mass is 10.00. The summed E-state index contributed by atoms with van der Waals surface area (Å²) in [5.41, 5.74) is 4.08. The second-order valence-electron chi connectivity index (χ2n) is 7.04. The van der Waals surface area contributed by atoms with Crippen LogP contribution in [0.5, 0.6) is 11.8 Å². The summed E-state index contributed by atoms with van der Waals surface area (Å²) in [6, 6.07) is 12.0. The van der Waals surface area contributed by atoms with E-state index in [1.54, 1.807) is 36.7 Å². The zero-order chi connectivity index (χ0) is 24.2. The second-order valence-corrected chi connectivity index (χ2v) is 7.80. The third kappa shape index (κ3) is 4.23. The topological polar surface area (TPSA) is 91.3 Å². The number of rotatable bonds is 7. The number of aromatic nitrogens is 3. The molecular weight excluding hydrogens is 477 g/mol. The molecule has 9 heteroatoms. The molecule has 0 atom stereocenters. The molecule has 3 heterocycles. The fourth-order valence-electron chi connectivity index (χ4n) is 3.46. The van der Waals surface area contributed by atoms with Gasteiger partial charge in [0.1, 0.15) is 0 Å². The Morgan fingerprint density at radius 3 is 1.74 bits per heavy atom. The first kappa shape index (κ1) is 23.4. The van der Waals surface area contributed by atoms with Gasteiger partial charge in [0.05, 0.1) is 46.8 Å². The normalized spacial score (nSPS) is 10.6. The Hall–Kier alpha value is -3.81. The van der Waals surface area contributed by atoms with Gasteiger partial charge in [-0.2, -0.15) is 0 Å². The van der Waals surface area contributed by atoms with Gasteiger partial charge in [-0.05, 0) is 24.3 Å². The number of aldehydes is 2. The van der Waals surface area contributed by atoms with Crippen LogP contribution in [0.2, 0.25) is 10.0 Å². The first-order valence-corrected chi connectivity index (χ1v) is 10.7. The highest BCUT2D eigenvalue weighted by Gasteiger charge is 2.18. The lowest BCUT2D eigenvalue weighted by Gasteiger charge is -2.14. The highest BCUT2D eigenvalue weighted by Crippen LogP contribution is 2.41. The molecule has 0 saturated heterocycles. The van der Waals surface area contributed by atoms with Gasteiger partial charge in [0.25, 0.3) is 0 Å². The molecule has 170 valence electrons. The summed E-state index contributed by atoms with van der Waals surface area (Å²) in [4.78, 5) is 35.5. The van der Waals surface area contributed by atoms with Crippen LogP contribution in [0.4, 0.5) is 0 Å². The van der Waals surface area contributed by atoms with Gasteiger partial charge in [-0.15, -0.1) is 0 Å². The summed E-state index contributed by atoms with van der Waals surface area (Å²) in [7, 11) is 2.88. The van der Waals surface area contributed by atoms with Gasteiger partial charge >= 0.3 is 0 Å². The van der Waals surface area contributed by atoms with Crippen molar-refractivity contribution in [1.82, 2.24) is 15.0 Å². The number of benzene rings is 1. The number of carbonyl (C=O) groups excluding carboxylic acids is 2. The van der Waals surface area contributed by atoms with Gasteiger partial charge < -0.3 is 9.47 Å². The third-order valence-corrected chi connectivity index (χ3v) is 5.96. The van der Waals surface area contributed by atoms with Gasteiger partial charge in [-0.1, -0.05) is 41.4 Å². The Morgan fingerprint density at radius 2 is 1.18 bits per heavy atom. The number of halogens is 2. The number of ether oxygens (including phenoxy) is 2. The summed E-state index contributed by atoms with van der Waals surface area (Å²) in [5.74, 6) is 0.391. The van der Waals surface area contributed by atoms with Crippen LogP contribution in [-0.4, -0.2) is 41.7 Å². The minimum atomic E-state index is 0.188.